The van der Waals surface area contributed by atoms with Gasteiger partial charge in [0.05, 0.1) is 7.11 Å². The molecule has 0 saturated carbocycles. The first-order valence-corrected chi connectivity index (χ1v) is 8.11. The molecule has 0 radical (unpaired) electrons. The quantitative estimate of drug-likeness (QED) is 0.804. The zero-order chi connectivity index (χ0) is 15.9. The lowest BCUT2D eigenvalue weighted by atomic mass is 10.1. The molecule has 0 amide bonds. The molecule has 0 N–H and O–H groups in total. The Morgan fingerprint density at radius 2 is 1.78 bits per heavy atom. The fourth-order valence-corrected chi connectivity index (χ4v) is 2.85. The Kier molecular flexibility index (Phi) is 5.28. The SMILES string of the molecule is COc1ccc(C=CC2=CCCN(Cc3ccccc3)C2)cc1. The van der Waals surface area contributed by atoms with Gasteiger partial charge in [-0.05, 0) is 35.3 Å². The van der Waals surface area contributed by atoms with Crippen LogP contribution in [-0.2, 0) is 6.54 Å². The normalized spacial score (nSPS) is 15.6. The Bertz CT molecular complexity index is 671. The second kappa shape index (κ2) is 7.80. The molecule has 0 saturated heterocycles. The van der Waals surface area contributed by atoms with Crippen LogP contribution in [-0.4, -0.2) is 25.1 Å². The van der Waals surface area contributed by atoms with Gasteiger partial charge in [0.1, 0.15) is 5.75 Å². The molecule has 0 aliphatic carbocycles. The zero-order valence-electron chi connectivity index (χ0n) is 13.6. The molecule has 1 aliphatic rings. The van der Waals surface area contributed by atoms with Crippen LogP contribution < -0.4 is 4.74 Å². The highest BCUT2D eigenvalue weighted by Crippen LogP contribution is 2.17. The Morgan fingerprint density at radius 3 is 2.52 bits per heavy atom. The lowest BCUT2D eigenvalue weighted by Crippen LogP contribution is -2.29. The average Bonchev–Trinajstić information content (AvgIpc) is 2.62. The minimum Gasteiger partial charge on any atom is -0.497 e. The van der Waals surface area contributed by atoms with Gasteiger partial charge in [0, 0.05) is 19.6 Å². The van der Waals surface area contributed by atoms with Gasteiger partial charge in [-0.15, -0.1) is 0 Å². The number of rotatable bonds is 5. The van der Waals surface area contributed by atoms with Crippen molar-refractivity contribution in [2.75, 3.05) is 20.2 Å². The third-order valence-corrected chi connectivity index (χ3v) is 4.11. The van der Waals surface area contributed by atoms with E-state index in [-0.39, 0.29) is 0 Å². The predicted octanol–water partition coefficient (Wildman–Crippen LogP) is 4.54. The summed E-state index contributed by atoms with van der Waals surface area (Å²) in [6.07, 6.45) is 7.88. The molecule has 0 spiro atoms. The van der Waals surface area contributed by atoms with Crippen molar-refractivity contribution in [3.05, 3.63) is 83.4 Å². The van der Waals surface area contributed by atoms with Gasteiger partial charge >= 0.3 is 0 Å². The summed E-state index contributed by atoms with van der Waals surface area (Å²) >= 11 is 0. The predicted molar refractivity (Wildman–Crippen MR) is 96.4 cm³/mol. The lowest BCUT2D eigenvalue weighted by molar-refractivity contribution is 0.285. The molecule has 2 aromatic carbocycles. The van der Waals surface area contributed by atoms with Crippen LogP contribution in [0.1, 0.15) is 17.5 Å². The van der Waals surface area contributed by atoms with E-state index in [9.17, 15) is 0 Å². The van der Waals surface area contributed by atoms with Gasteiger partial charge in [-0.1, -0.05) is 60.7 Å². The van der Waals surface area contributed by atoms with E-state index in [0.717, 1.165) is 31.8 Å². The summed E-state index contributed by atoms with van der Waals surface area (Å²) < 4.78 is 5.19. The number of hydrogen-bond acceptors (Lipinski definition) is 2. The van der Waals surface area contributed by atoms with E-state index in [1.165, 1.54) is 16.7 Å². The number of benzene rings is 2. The van der Waals surface area contributed by atoms with Gasteiger partial charge < -0.3 is 4.74 Å². The van der Waals surface area contributed by atoms with Crippen molar-refractivity contribution in [1.29, 1.82) is 0 Å². The minimum absolute atomic E-state index is 0.896. The van der Waals surface area contributed by atoms with E-state index in [4.69, 9.17) is 4.74 Å². The first kappa shape index (κ1) is 15.6. The summed E-state index contributed by atoms with van der Waals surface area (Å²) in [5.41, 5.74) is 3.97. The first-order valence-electron chi connectivity index (χ1n) is 8.11. The smallest absolute Gasteiger partial charge is 0.118 e. The van der Waals surface area contributed by atoms with Gasteiger partial charge in [0.2, 0.25) is 0 Å². The number of methoxy groups -OCH3 is 1. The van der Waals surface area contributed by atoms with Gasteiger partial charge in [-0.3, -0.25) is 4.90 Å². The molecule has 1 heterocycles. The summed E-state index contributed by atoms with van der Waals surface area (Å²) in [6.45, 7) is 3.17. The minimum atomic E-state index is 0.896. The van der Waals surface area contributed by atoms with Crippen molar-refractivity contribution in [2.45, 2.75) is 13.0 Å². The number of nitrogens with zero attached hydrogens (tertiary/aromatic N) is 1. The maximum atomic E-state index is 5.19. The highest BCUT2D eigenvalue weighted by atomic mass is 16.5. The van der Waals surface area contributed by atoms with E-state index < -0.39 is 0 Å². The molecule has 2 aromatic rings. The monoisotopic (exact) mass is 305 g/mol. The van der Waals surface area contributed by atoms with Crippen molar-refractivity contribution < 1.29 is 4.74 Å². The number of hydrogen-bond donors (Lipinski definition) is 0. The van der Waals surface area contributed by atoms with Crippen LogP contribution in [0.5, 0.6) is 5.75 Å². The summed E-state index contributed by atoms with van der Waals surface area (Å²) in [6, 6.07) is 18.9. The lowest BCUT2D eigenvalue weighted by Gasteiger charge is -2.26. The summed E-state index contributed by atoms with van der Waals surface area (Å²) in [5, 5.41) is 0. The Morgan fingerprint density at radius 1 is 1.00 bits per heavy atom. The summed E-state index contributed by atoms with van der Waals surface area (Å²) in [5.74, 6) is 0.896. The largest absolute Gasteiger partial charge is 0.497 e. The van der Waals surface area contributed by atoms with Crippen LogP contribution in [0.4, 0.5) is 0 Å². The molecule has 0 unspecified atom stereocenters. The molecule has 1 aliphatic heterocycles. The maximum absolute atomic E-state index is 5.19. The molecule has 118 valence electrons. The van der Waals surface area contributed by atoms with Crippen LogP contribution in [0.15, 0.2) is 72.3 Å². The Labute approximate surface area is 138 Å². The van der Waals surface area contributed by atoms with Gasteiger partial charge in [-0.25, -0.2) is 0 Å². The molecule has 2 nitrogen and oxygen atoms in total. The van der Waals surface area contributed by atoms with Crippen LogP contribution >= 0.6 is 0 Å². The number of ether oxygens (including phenoxy) is 1. The summed E-state index contributed by atoms with van der Waals surface area (Å²) in [7, 11) is 1.69. The van der Waals surface area contributed by atoms with E-state index in [0.29, 0.717) is 0 Å². The standard InChI is InChI=1S/C21H23NO/c1-23-21-13-11-18(12-14-21)9-10-20-8-5-15-22(17-20)16-19-6-3-2-4-7-19/h2-4,6-14H,5,15-17H2,1H3. The van der Waals surface area contributed by atoms with Crippen molar-refractivity contribution in [3.8, 4) is 5.75 Å². The van der Waals surface area contributed by atoms with Crippen LogP contribution in [0.3, 0.4) is 0 Å². The maximum Gasteiger partial charge on any atom is 0.118 e. The van der Waals surface area contributed by atoms with Crippen LogP contribution in [0.25, 0.3) is 6.08 Å². The van der Waals surface area contributed by atoms with Crippen LogP contribution in [0.2, 0.25) is 0 Å². The molecule has 0 aromatic heterocycles. The van der Waals surface area contributed by atoms with Gasteiger partial charge in [0.25, 0.3) is 0 Å². The van der Waals surface area contributed by atoms with Gasteiger partial charge in [-0.2, -0.15) is 0 Å². The molecule has 0 fully saturated rings. The second-order valence-electron chi connectivity index (χ2n) is 5.87. The van der Waals surface area contributed by atoms with Crippen molar-refractivity contribution in [1.82, 2.24) is 4.90 Å². The topological polar surface area (TPSA) is 12.5 Å². The third-order valence-electron chi connectivity index (χ3n) is 4.11. The highest BCUT2D eigenvalue weighted by molar-refractivity contribution is 5.54. The summed E-state index contributed by atoms with van der Waals surface area (Å²) in [4.78, 5) is 2.50. The Balaban J connectivity index is 1.59. The van der Waals surface area contributed by atoms with Crippen molar-refractivity contribution in [3.63, 3.8) is 0 Å². The molecule has 2 heteroatoms. The molecule has 0 bridgehead atoms. The second-order valence-corrected chi connectivity index (χ2v) is 5.87. The average molecular weight is 305 g/mol. The van der Waals surface area contributed by atoms with E-state index >= 15 is 0 Å². The van der Waals surface area contributed by atoms with E-state index in [1.807, 2.05) is 12.1 Å². The molecule has 23 heavy (non-hydrogen) atoms. The van der Waals surface area contributed by atoms with Crippen LogP contribution in [0, 0.1) is 0 Å². The highest BCUT2D eigenvalue weighted by Gasteiger charge is 2.11. The van der Waals surface area contributed by atoms with Gasteiger partial charge in [0.15, 0.2) is 0 Å². The first-order chi connectivity index (χ1) is 11.3. The third kappa shape index (κ3) is 4.57. The van der Waals surface area contributed by atoms with Crippen molar-refractivity contribution >= 4 is 6.08 Å². The zero-order valence-corrected chi connectivity index (χ0v) is 13.6. The Hall–Kier alpha value is -2.32. The van der Waals surface area contributed by atoms with E-state index in [1.54, 1.807) is 7.11 Å². The molecular formula is C21H23NO. The molecule has 0 atom stereocenters. The van der Waals surface area contributed by atoms with E-state index in [2.05, 4.69) is 65.6 Å². The fourth-order valence-electron chi connectivity index (χ4n) is 2.85. The van der Waals surface area contributed by atoms with Crippen molar-refractivity contribution in [2.24, 2.45) is 0 Å². The fraction of sp³-hybridized carbons (Fsp3) is 0.238. The molecule has 3 rings (SSSR count). The molecular weight excluding hydrogens is 282 g/mol.